The molecule has 0 aromatic rings. The highest BCUT2D eigenvalue weighted by Crippen LogP contribution is 2.71. The van der Waals surface area contributed by atoms with Crippen molar-refractivity contribution in [1.29, 1.82) is 0 Å². The largest absolute Gasteiger partial charge is 0.464 e. The maximum absolute atomic E-state index is 14.1. The third kappa shape index (κ3) is 6.00. The lowest BCUT2D eigenvalue weighted by molar-refractivity contribution is -0.204. The highest BCUT2D eigenvalue weighted by atomic mass is 16.6. The van der Waals surface area contributed by atoms with E-state index in [-0.39, 0.29) is 60.0 Å². The van der Waals surface area contributed by atoms with E-state index in [1.807, 2.05) is 0 Å². The second-order valence-corrected chi connectivity index (χ2v) is 18.1. The first kappa shape index (κ1) is 32.3. The zero-order valence-electron chi connectivity index (χ0n) is 27.8. The van der Waals surface area contributed by atoms with Crippen LogP contribution >= 0.6 is 0 Å². The van der Waals surface area contributed by atoms with Crippen LogP contribution in [0.5, 0.6) is 0 Å². The van der Waals surface area contributed by atoms with Crippen LogP contribution in [0.4, 0.5) is 0 Å². The van der Waals surface area contributed by atoms with Gasteiger partial charge in [-0.2, -0.15) is 0 Å². The van der Waals surface area contributed by atoms with E-state index in [1.165, 1.54) is 0 Å². The fraction of sp³-hybridized carbons (Fsp3) is 0.784. The van der Waals surface area contributed by atoms with Crippen LogP contribution < -0.4 is 0 Å². The molecule has 248 valence electrons. The van der Waals surface area contributed by atoms with Gasteiger partial charge in [0.15, 0.2) is 0 Å². The van der Waals surface area contributed by atoms with E-state index in [0.717, 1.165) is 89.2 Å². The Morgan fingerprint density at radius 2 is 0.867 bits per heavy atom. The van der Waals surface area contributed by atoms with Gasteiger partial charge in [-0.25, -0.2) is 9.59 Å². The summed E-state index contributed by atoms with van der Waals surface area (Å²) in [6, 6.07) is 0. The first-order chi connectivity index (χ1) is 21.0. The molecule has 0 heterocycles. The molecule has 8 saturated carbocycles. The van der Waals surface area contributed by atoms with Gasteiger partial charge in [-0.15, -0.1) is 0 Å². The molecule has 0 aromatic heterocycles. The van der Waals surface area contributed by atoms with Crippen molar-refractivity contribution in [2.24, 2.45) is 49.7 Å². The second-order valence-electron chi connectivity index (χ2n) is 18.1. The lowest BCUT2D eigenvalue weighted by Crippen LogP contribution is -2.59. The molecule has 0 amide bonds. The Bertz CT molecular complexity index is 1160. The van der Waals surface area contributed by atoms with E-state index in [4.69, 9.17) is 18.9 Å². The Balaban J connectivity index is 1.23. The molecule has 8 rings (SSSR count). The first-order valence-electron chi connectivity index (χ1n) is 16.9. The van der Waals surface area contributed by atoms with Crippen LogP contribution in [-0.2, 0) is 38.1 Å². The van der Waals surface area contributed by atoms with Crippen LogP contribution in [0.25, 0.3) is 0 Å². The molecule has 0 saturated heterocycles. The Labute approximate surface area is 268 Å². The van der Waals surface area contributed by atoms with Crippen LogP contribution in [0.3, 0.4) is 0 Å². The highest BCUT2D eigenvalue weighted by molar-refractivity contribution is 5.82. The molecule has 8 nitrogen and oxygen atoms in total. The summed E-state index contributed by atoms with van der Waals surface area (Å²) < 4.78 is 23.3. The minimum atomic E-state index is -1.30. The summed E-state index contributed by atoms with van der Waals surface area (Å²) in [5.41, 5.74) is -1.97. The second kappa shape index (κ2) is 10.7. The monoisotopic (exact) mass is 624 g/mol. The minimum Gasteiger partial charge on any atom is -0.464 e. The standard InChI is InChI=1S/C37H52O8/c1-7-27(38)42-21-35(22-43-28(39)8-2,23-44-29(40)36-13-25-9-31(3,17-36)15-32(4,10-25)18-36)24-45-30(41)37-14-26-11-33(5,19-37)16-34(6,12-26)20-37/h7-8,25-26H,1-2,9-24H2,3-6H3. The summed E-state index contributed by atoms with van der Waals surface area (Å²) in [4.78, 5) is 52.7. The van der Waals surface area contributed by atoms with Crippen LogP contribution in [0.15, 0.2) is 25.3 Å². The average molecular weight is 625 g/mol. The van der Waals surface area contributed by atoms with Crippen molar-refractivity contribution in [1.82, 2.24) is 0 Å². The zero-order valence-corrected chi connectivity index (χ0v) is 27.8. The SMILES string of the molecule is C=CC(=O)OCC(COC(=O)C=C)(COC(=O)C12CC3CC(C)(CC(C)(C3)C1)C2)COC(=O)C12CC3CC(C)(CC(C)(C3)C1)C2. The van der Waals surface area contributed by atoms with Crippen molar-refractivity contribution in [3.63, 3.8) is 0 Å². The van der Waals surface area contributed by atoms with Gasteiger partial charge in [0.1, 0.15) is 31.8 Å². The van der Waals surface area contributed by atoms with E-state index in [0.29, 0.717) is 11.8 Å². The predicted molar refractivity (Wildman–Crippen MR) is 166 cm³/mol. The Kier molecular flexibility index (Phi) is 7.68. The lowest BCUT2D eigenvalue weighted by atomic mass is 9.40. The molecule has 0 aliphatic heterocycles. The fourth-order valence-corrected chi connectivity index (χ4v) is 12.9. The van der Waals surface area contributed by atoms with Gasteiger partial charge >= 0.3 is 23.9 Å². The van der Waals surface area contributed by atoms with Gasteiger partial charge in [-0.1, -0.05) is 40.9 Å². The smallest absolute Gasteiger partial charge is 0.330 e. The van der Waals surface area contributed by atoms with Gasteiger partial charge in [0.2, 0.25) is 0 Å². The molecule has 4 unspecified atom stereocenters. The fourth-order valence-electron chi connectivity index (χ4n) is 12.9. The van der Waals surface area contributed by atoms with Crippen molar-refractivity contribution in [3.8, 4) is 0 Å². The molecular formula is C37H52O8. The number of hydrogen-bond acceptors (Lipinski definition) is 8. The molecule has 8 aliphatic rings. The molecule has 0 radical (unpaired) electrons. The first-order valence-corrected chi connectivity index (χ1v) is 16.9. The quantitative estimate of drug-likeness (QED) is 0.138. The average Bonchev–Trinajstić information content (AvgIpc) is 2.91. The molecule has 45 heavy (non-hydrogen) atoms. The van der Waals surface area contributed by atoms with E-state index >= 15 is 0 Å². The zero-order chi connectivity index (χ0) is 32.5. The highest BCUT2D eigenvalue weighted by Gasteiger charge is 2.65. The van der Waals surface area contributed by atoms with Gasteiger partial charge in [0.05, 0.1) is 10.8 Å². The Morgan fingerprint density at radius 1 is 0.556 bits per heavy atom. The molecule has 8 heteroatoms. The molecule has 8 fully saturated rings. The van der Waals surface area contributed by atoms with E-state index in [9.17, 15) is 19.2 Å². The normalized spacial score (nSPS) is 42.1. The summed E-state index contributed by atoms with van der Waals surface area (Å²) in [6.45, 7) is 15.2. The topological polar surface area (TPSA) is 105 Å². The Hall–Kier alpha value is -2.64. The van der Waals surface area contributed by atoms with Crippen LogP contribution in [0, 0.1) is 49.7 Å². The molecule has 8 aliphatic carbocycles. The van der Waals surface area contributed by atoms with Crippen molar-refractivity contribution in [2.75, 3.05) is 26.4 Å². The van der Waals surface area contributed by atoms with E-state index in [1.54, 1.807) is 0 Å². The number of ether oxygens (including phenoxy) is 4. The number of rotatable bonds is 12. The molecule has 0 aromatic carbocycles. The van der Waals surface area contributed by atoms with Gasteiger partial charge < -0.3 is 18.9 Å². The maximum atomic E-state index is 14.1. The Morgan fingerprint density at radius 3 is 1.16 bits per heavy atom. The van der Waals surface area contributed by atoms with Gasteiger partial charge in [0, 0.05) is 12.2 Å². The van der Waals surface area contributed by atoms with Crippen LogP contribution in [0.1, 0.15) is 105 Å². The third-order valence-corrected chi connectivity index (χ3v) is 12.5. The number of hydrogen-bond donors (Lipinski definition) is 0. The molecule has 8 bridgehead atoms. The molecule has 0 spiro atoms. The van der Waals surface area contributed by atoms with Gasteiger partial charge in [0.25, 0.3) is 0 Å². The van der Waals surface area contributed by atoms with E-state index in [2.05, 4.69) is 40.9 Å². The number of carbonyl (C=O) groups is 4. The molecular weight excluding hydrogens is 572 g/mol. The summed E-state index contributed by atoms with van der Waals surface area (Å²) in [5, 5.41) is 0. The third-order valence-electron chi connectivity index (χ3n) is 12.5. The van der Waals surface area contributed by atoms with Crippen LogP contribution in [-0.4, -0.2) is 50.3 Å². The van der Waals surface area contributed by atoms with Gasteiger partial charge in [-0.05, 0) is 111 Å². The van der Waals surface area contributed by atoms with E-state index < -0.39 is 28.2 Å². The minimum absolute atomic E-state index is 0.115. The molecule has 4 atom stereocenters. The lowest BCUT2D eigenvalue weighted by Gasteiger charge is -2.64. The summed E-state index contributed by atoms with van der Waals surface area (Å²) in [5.74, 6) is -0.855. The maximum Gasteiger partial charge on any atom is 0.330 e. The van der Waals surface area contributed by atoms with Crippen molar-refractivity contribution in [3.05, 3.63) is 25.3 Å². The van der Waals surface area contributed by atoms with Crippen molar-refractivity contribution < 1.29 is 38.1 Å². The van der Waals surface area contributed by atoms with Crippen molar-refractivity contribution >= 4 is 23.9 Å². The number of esters is 4. The summed E-state index contributed by atoms with van der Waals surface area (Å²) >= 11 is 0. The van der Waals surface area contributed by atoms with Crippen LogP contribution in [0.2, 0.25) is 0 Å². The predicted octanol–water partition coefficient (Wildman–Crippen LogP) is 6.51. The summed E-state index contributed by atoms with van der Waals surface area (Å²) in [7, 11) is 0. The summed E-state index contributed by atoms with van der Waals surface area (Å²) in [6.07, 6.45) is 13.8. The van der Waals surface area contributed by atoms with Crippen molar-refractivity contribution in [2.45, 2.75) is 105 Å². The molecule has 0 N–H and O–H groups in total. The number of carbonyl (C=O) groups excluding carboxylic acids is 4. The van der Waals surface area contributed by atoms with Gasteiger partial charge in [-0.3, -0.25) is 9.59 Å².